The molecule has 0 radical (unpaired) electrons. The van der Waals surface area contributed by atoms with Gasteiger partial charge in [0.1, 0.15) is 11.0 Å². The molecule has 1 unspecified atom stereocenters. The molecule has 0 aliphatic rings. The molecule has 3 aromatic rings. The van der Waals surface area contributed by atoms with Crippen molar-refractivity contribution in [1.82, 2.24) is 15.4 Å². The van der Waals surface area contributed by atoms with Crippen molar-refractivity contribution in [2.75, 3.05) is 6.61 Å². The van der Waals surface area contributed by atoms with E-state index >= 15 is 0 Å². The number of nitrogens with one attached hydrogen (secondary N) is 2. The molecule has 0 fully saturated rings. The Kier molecular flexibility index (Phi) is 5.02. The van der Waals surface area contributed by atoms with E-state index in [2.05, 4.69) is 9.97 Å². The van der Waals surface area contributed by atoms with Gasteiger partial charge in [0.2, 0.25) is 0 Å². The third-order valence-electron chi connectivity index (χ3n) is 3.42. The van der Waals surface area contributed by atoms with Crippen LogP contribution in [0.4, 0.5) is 0 Å². The molecule has 24 heavy (non-hydrogen) atoms. The van der Waals surface area contributed by atoms with Crippen LogP contribution in [0.5, 0.6) is 5.75 Å². The van der Waals surface area contributed by atoms with Gasteiger partial charge in [-0.1, -0.05) is 42.1 Å². The molecule has 7 heteroatoms. The Morgan fingerprint density at radius 3 is 2.83 bits per heavy atom. The highest BCUT2D eigenvalue weighted by Gasteiger charge is 2.23. The first-order valence-corrected chi connectivity index (χ1v) is 8.37. The van der Waals surface area contributed by atoms with E-state index in [1.54, 1.807) is 5.48 Å². The lowest BCUT2D eigenvalue weighted by molar-refractivity contribution is -0.128. The number of hydroxylamine groups is 1. The highest BCUT2D eigenvalue weighted by molar-refractivity contribution is 8.00. The minimum Gasteiger partial charge on any atom is -0.494 e. The lowest BCUT2D eigenvalue weighted by Crippen LogP contribution is -2.24. The molecule has 124 valence electrons. The lowest BCUT2D eigenvalue weighted by Gasteiger charge is -2.13. The second-order valence-electron chi connectivity index (χ2n) is 5.04. The zero-order valence-electron chi connectivity index (χ0n) is 13.0. The van der Waals surface area contributed by atoms with E-state index in [9.17, 15) is 4.79 Å². The number of carbonyl (C=O) groups is 1. The van der Waals surface area contributed by atoms with Crippen molar-refractivity contribution in [2.45, 2.75) is 17.3 Å². The van der Waals surface area contributed by atoms with Crippen LogP contribution in [0, 0.1) is 0 Å². The van der Waals surface area contributed by atoms with Crippen molar-refractivity contribution in [3.8, 4) is 5.75 Å². The Labute approximate surface area is 143 Å². The van der Waals surface area contributed by atoms with Gasteiger partial charge in [-0.3, -0.25) is 10.0 Å². The summed E-state index contributed by atoms with van der Waals surface area (Å²) in [6.45, 7) is 2.51. The Hall–Kier alpha value is -2.51. The third kappa shape index (κ3) is 3.52. The lowest BCUT2D eigenvalue weighted by atomic mass is 10.1. The first kappa shape index (κ1) is 16.4. The van der Waals surface area contributed by atoms with E-state index in [1.165, 1.54) is 11.8 Å². The van der Waals surface area contributed by atoms with Gasteiger partial charge in [0.15, 0.2) is 5.16 Å². The van der Waals surface area contributed by atoms with E-state index < -0.39 is 11.2 Å². The number of aromatic amines is 1. The quantitative estimate of drug-likeness (QED) is 0.363. The number of hydrogen-bond donors (Lipinski definition) is 3. The summed E-state index contributed by atoms with van der Waals surface area (Å²) >= 11 is 1.24. The summed E-state index contributed by atoms with van der Waals surface area (Å²) in [7, 11) is 0. The molecule has 0 spiro atoms. The van der Waals surface area contributed by atoms with Crippen LogP contribution in [-0.2, 0) is 4.79 Å². The van der Waals surface area contributed by atoms with Gasteiger partial charge in [0, 0.05) is 6.07 Å². The Morgan fingerprint density at radius 2 is 2.12 bits per heavy atom. The molecule has 6 nitrogen and oxygen atoms in total. The average Bonchev–Trinajstić information content (AvgIpc) is 3.02. The summed E-state index contributed by atoms with van der Waals surface area (Å²) in [4.78, 5) is 19.7. The van der Waals surface area contributed by atoms with Gasteiger partial charge in [0.05, 0.1) is 17.6 Å². The predicted octanol–water partition coefficient (Wildman–Crippen LogP) is 3.30. The summed E-state index contributed by atoms with van der Waals surface area (Å²) < 4.78 is 5.47. The molecule has 2 aromatic carbocycles. The van der Waals surface area contributed by atoms with E-state index in [-0.39, 0.29) is 0 Å². The van der Waals surface area contributed by atoms with Crippen molar-refractivity contribution >= 4 is 28.7 Å². The zero-order chi connectivity index (χ0) is 16.9. The van der Waals surface area contributed by atoms with Gasteiger partial charge in [-0.2, -0.15) is 0 Å². The van der Waals surface area contributed by atoms with Crippen LogP contribution in [0.15, 0.2) is 53.7 Å². The van der Waals surface area contributed by atoms with Crippen LogP contribution in [0.3, 0.4) is 0 Å². The number of aromatic nitrogens is 2. The maximum atomic E-state index is 12.0. The highest BCUT2D eigenvalue weighted by Crippen LogP contribution is 2.35. The molecule has 1 atom stereocenters. The summed E-state index contributed by atoms with van der Waals surface area (Å²) in [5.41, 5.74) is 4.13. The first-order chi connectivity index (χ1) is 11.7. The second-order valence-corrected chi connectivity index (χ2v) is 6.13. The van der Waals surface area contributed by atoms with E-state index in [0.29, 0.717) is 11.8 Å². The fourth-order valence-corrected chi connectivity index (χ4v) is 3.34. The second kappa shape index (κ2) is 7.37. The van der Waals surface area contributed by atoms with Crippen LogP contribution >= 0.6 is 11.8 Å². The molecule has 0 bridgehead atoms. The van der Waals surface area contributed by atoms with E-state index in [1.807, 2.05) is 55.5 Å². The maximum Gasteiger partial charge on any atom is 0.261 e. The molecule has 0 aliphatic carbocycles. The smallest absolute Gasteiger partial charge is 0.261 e. The fraction of sp³-hybridized carbons (Fsp3) is 0.176. The summed E-state index contributed by atoms with van der Waals surface area (Å²) in [6.07, 6.45) is 0. The molecule has 0 saturated heterocycles. The SMILES string of the molecule is CCOc1ccc2[nH]c(SC(C(=O)NO)c3ccccc3)nc2c1. The standard InChI is InChI=1S/C17H17N3O3S/c1-2-23-12-8-9-13-14(10-12)19-17(18-13)24-15(16(21)20-22)11-6-4-3-5-7-11/h3-10,15,22H,2H2,1H3,(H,18,19)(H,20,21). The monoisotopic (exact) mass is 343 g/mol. The van der Waals surface area contributed by atoms with Crippen molar-refractivity contribution in [3.05, 3.63) is 54.1 Å². The van der Waals surface area contributed by atoms with Gasteiger partial charge in [-0.25, -0.2) is 10.5 Å². The molecular weight excluding hydrogens is 326 g/mol. The third-order valence-corrected chi connectivity index (χ3v) is 4.56. The Balaban J connectivity index is 1.89. The minimum absolute atomic E-state index is 0.498. The van der Waals surface area contributed by atoms with E-state index in [4.69, 9.17) is 9.94 Å². The molecule has 0 aliphatic heterocycles. The molecule has 3 N–H and O–H groups in total. The van der Waals surface area contributed by atoms with Crippen LogP contribution in [0.1, 0.15) is 17.7 Å². The van der Waals surface area contributed by atoms with Gasteiger partial charge in [-0.05, 0) is 24.6 Å². The minimum atomic E-state index is -0.608. The van der Waals surface area contributed by atoms with Crippen LogP contribution < -0.4 is 10.2 Å². The van der Waals surface area contributed by atoms with Crippen LogP contribution in [0.25, 0.3) is 11.0 Å². The number of hydrogen-bond acceptors (Lipinski definition) is 5. The number of carbonyl (C=O) groups excluding carboxylic acids is 1. The van der Waals surface area contributed by atoms with Gasteiger partial charge >= 0.3 is 0 Å². The highest BCUT2D eigenvalue weighted by atomic mass is 32.2. The van der Waals surface area contributed by atoms with Crippen molar-refractivity contribution < 1.29 is 14.7 Å². The Bertz CT molecular complexity index is 835. The fourth-order valence-electron chi connectivity index (χ4n) is 2.35. The van der Waals surface area contributed by atoms with Crippen LogP contribution in [0.2, 0.25) is 0 Å². The number of amides is 1. The maximum absolute atomic E-state index is 12.0. The molecule has 3 rings (SSSR count). The first-order valence-electron chi connectivity index (χ1n) is 7.49. The normalized spacial score (nSPS) is 12.1. The van der Waals surface area contributed by atoms with E-state index in [0.717, 1.165) is 22.3 Å². The van der Waals surface area contributed by atoms with Gasteiger partial charge in [-0.15, -0.1) is 0 Å². The topological polar surface area (TPSA) is 87.2 Å². The van der Waals surface area contributed by atoms with Crippen LogP contribution in [-0.4, -0.2) is 27.7 Å². The number of rotatable bonds is 6. The average molecular weight is 343 g/mol. The van der Waals surface area contributed by atoms with Crippen molar-refractivity contribution in [2.24, 2.45) is 0 Å². The number of H-pyrrole nitrogens is 1. The summed E-state index contributed by atoms with van der Waals surface area (Å²) in [5, 5.41) is 9.01. The molecular formula is C17H17N3O3S. The van der Waals surface area contributed by atoms with Crippen molar-refractivity contribution in [3.63, 3.8) is 0 Å². The molecule has 1 aromatic heterocycles. The predicted molar refractivity (Wildman–Crippen MR) is 92.2 cm³/mol. The molecule has 1 amide bonds. The molecule has 0 saturated carbocycles. The summed E-state index contributed by atoms with van der Waals surface area (Å²) in [5.74, 6) is 0.252. The largest absolute Gasteiger partial charge is 0.494 e. The number of benzene rings is 2. The number of thioether (sulfide) groups is 1. The number of nitrogens with zero attached hydrogens (tertiary/aromatic N) is 1. The Morgan fingerprint density at radius 1 is 1.33 bits per heavy atom. The number of fused-ring (bicyclic) bond motifs is 1. The van der Waals surface area contributed by atoms with Gasteiger partial charge in [0.25, 0.3) is 5.91 Å². The molecule has 1 heterocycles. The number of imidazole rings is 1. The summed E-state index contributed by atoms with van der Waals surface area (Å²) in [6, 6.07) is 14.8. The van der Waals surface area contributed by atoms with Crippen molar-refractivity contribution in [1.29, 1.82) is 0 Å². The zero-order valence-corrected chi connectivity index (χ0v) is 13.8. The van der Waals surface area contributed by atoms with Gasteiger partial charge < -0.3 is 9.72 Å². The number of ether oxygens (including phenoxy) is 1.